The molecule has 0 bridgehead atoms. The van der Waals surface area contributed by atoms with Gasteiger partial charge in [0, 0.05) is 34.4 Å². The number of benzene rings is 3. The third-order valence-electron chi connectivity index (χ3n) is 15.3. The Labute approximate surface area is 396 Å². The number of methoxy groups -OCH3 is 4. The molecule has 5 heterocycles. The number of aromatic nitrogens is 2. The van der Waals surface area contributed by atoms with E-state index in [0.717, 1.165) is 90.3 Å². The van der Waals surface area contributed by atoms with E-state index in [1.54, 1.807) is 24.8 Å². The number of alkyl carbamates (subject to hydrolysis) is 2. The van der Waals surface area contributed by atoms with Crippen molar-refractivity contribution in [3.8, 4) is 0 Å². The maximum Gasteiger partial charge on any atom is 0.408 e. The maximum atomic E-state index is 16.7. The van der Waals surface area contributed by atoms with Gasteiger partial charge in [-0.05, 0) is 124 Å². The lowest BCUT2D eigenvalue weighted by Gasteiger charge is -2.46. The highest BCUT2D eigenvalue weighted by molar-refractivity contribution is 5.87. The molecule has 9 atom stereocenters. The van der Waals surface area contributed by atoms with Gasteiger partial charge >= 0.3 is 12.2 Å². The fourth-order valence-corrected chi connectivity index (χ4v) is 11.3. The summed E-state index contributed by atoms with van der Waals surface area (Å²) in [7, 11) is 7.58. The van der Waals surface area contributed by atoms with Crippen LogP contribution in [0, 0.1) is 5.82 Å². The molecule has 17 nitrogen and oxygen atoms in total. The van der Waals surface area contributed by atoms with Crippen LogP contribution >= 0.6 is 0 Å². The summed E-state index contributed by atoms with van der Waals surface area (Å²) < 4.78 is 37.6. The molecule has 4 aliphatic heterocycles. The van der Waals surface area contributed by atoms with Gasteiger partial charge in [-0.2, -0.15) is 0 Å². The number of likely N-dealkylation sites (tertiary alicyclic amines) is 2. The summed E-state index contributed by atoms with van der Waals surface area (Å²) >= 11 is 0. The number of imidazole rings is 1. The molecule has 3 aromatic carbocycles. The Morgan fingerprint density at radius 3 is 2.21 bits per heavy atom. The van der Waals surface area contributed by atoms with Gasteiger partial charge < -0.3 is 49.3 Å². The first kappa shape index (κ1) is 47.1. The van der Waals surface area contributed by atoms with E-state index in [1.165, 1.54) is 28.4 Å². The molecule has 1 saturated carbocycles. The third-order valence-corrected chi connectivity index (χ3v) is 15.3. The van der Waals surface area contributed by atoms with Crippen LogP contribution in [0.15, 0.2) is 54.6 Å². The van der Waals surface area contributed by atoms with Crippen molar-refractivity contribution in [2.75, 3.05) is 63.7 Å². The Kier molecular flexibility index (Phi) is 13.3. The van der Waals surface area contributed by atoms with Crippen LogP contribution in [-0.4, -0.2) is 129 Å². The van der Waals surface area contributed by atoms with E-state index in [0.29, 0.717) is 36.9 Å². The van der Waals surface area contributed by atoms with E-state index in [2.05, 4.69) is 67.1 Å². The molecule has 3 saturated heterocycles. The molecule has 18 heteroatoms. The molecule has 1 unspecified atom stereocenters. The van der Waals surface area contributed by atoms with Gasteiger partial charge in [-0.3, -0.25) is 19.8 Å². The van der Waals surface area contributed by atoms with Gasteiger partial charge in [-0.25, -0.2) is 19.0 Å². The SMILES string of the molecule is COC(=O)N[C@H](C(=O)N1CCC[C@H]1c1nc2ccc([C@@H]3CC[C@@H](c4ccc5c(c4)N(C)C([C@@H]4CCCN4[C@](C=O)(NC(=O)OC)[C@@H](C)OC)N5)N3c3ccc(C4CC4)cc3F)cc2[nH]1)[C@@H](C)OC. The van der Waals surface area contributed by atoms with Crippen LogP contribution in [0.2, 0.25) is 0 Å². The maximum absolute atomic E-state index is 16.7. The average molecular weight is 938 g/mol. The first-order chi connectivity index (χ1) is 32.8. The van der Waals surface area contributed by atoms with Crippen molar-refractivity contribution in [3.05, 3.63) is 82.9 Å². The summed E-state index contributed by atoms with van der Waals surface area (Å²) in [6.45, 7) is 4.56. The number of nitrogens with zero attached hydrogens (tertiary/aromatic N) is 5. The minimum absolute atomic E-state index is 0.163. The number of aldehydes is 1. The van der Waals surface area contributed by atoms with Gasteiger partial charge in [-0.1, -0.05) is 18.2 Å². The number of ether oxygens (including phenoxy) is 4. The van der Waals surface area contributed by atoms with Crippen molar-refractivity contribution in [1.29, 1.82) is 0 Å². The number of likely N-dealkylation sites (N-methyl/N-ethyl adjacent to an activating group) is 1. The summed E-state index contributed by atoms with van der Waals surface area (Å²) in [4.78, 5) is 68.6. The fourth-order valence-electron chi connectivity index (χ4n) is 11.3. The number of carbonyl (C=O) groups is 4. The largest absolute Gasteiger partial charge is 0.453 e. The molecule has 0 radical (unpaired) electrons. The Hall–Kier alpha value is -5.98. The van der Waals surface area contributed by atoms with Crippen LogP contribution in [0.4, 0.5) is 31.0 Å². The number of hydrogen-bond donors (Lipinski definition) is 4. The van der Waals surface area contributed by atoms with E-state index in [-0.39, 0.29) is 42.1 Å². The lowest BCUT2D eigenvalue weighted by molar-refractivity contribution is -0.137. The summed E-state index contributed by atoms with van der Waals surface area (Å²) in [6, 6.07) is 16.6. The summed E-state index contributed by atoms with van der Waals surface area (Å²) in [5.74, 6) is 0.549. The van der Waals surface area contributed by atoms with E-state index in [9.17, 15) is 19.2 Å². The normalized spacial score (nSPS) is 24.8. The quantitative estimate of drug-likeness (QED) is 0.0894. The van der Waals surface area contributed by atoms with Crippen molar-refractivity contribution >= 4 is 52.5 Å². The van der Waals surface area contributed by atoms with Gasteiger partial charge in [0.25, 0.3) is 0 Å². The standard InChI is InChI=1S/C50H64FN9O8/c1-28(65-4)44(55-48(63)67-6)47(62)58-22-8-10-41(58)45-52-35-17-14-32(25-37(35)53-45)38-20-21-39(60(38)40-19-16-31(24-34(40)51)30-12-13-30)33-15-18-36-43(26-33)57(3)46(54-36)42-11-9-23-59(42)50(27-61,29(2)66-5)56-49(64)68-7/h14-19,24-30,38-39,41-42,44,46,54H,8-13,20-23H2,1-7H3,(H,52,53)(H,55,63)(H,56,64)/t28-,29-,38+,39+,41+,42+,44+,46?,50+/m1/s1. The molecule has 1 aliphatic carbocycles. The van der Waals surface area contributed by atoms with Gasteiger partial charge in [0.1, 0.15) is 23.8 Å². The Bertz CT molecular complexity index is 2540. The van der Waals surface area contributed by atoms with E-state index in [1.807, 2.05) is 24.1 Å². The molecule has 68 heavy (non-hydrogen) atoms. The number of hydrogen-bond acceptors (Lipinski definition) is 13. The van der Waals surface area contributed by atoms with Gasteiger partial charge in [0.2, 0.25) is 5.91 Å². The first-order valence-corrected chi connectivity index (χ1v) is 23.8. The number of fused-ring (bicyclic) bond motifs is 2. The smallest absolute Gasteiger partial charge is 0.408 e. The minimum atomic E-state index is -1.46. The zero-order valence-electron chi connectivity index (χ0n) is 39.9. The van der Waals surface area contributed by atoms with Crippen LogP contribution < -0.4 is 25.8 Å². The molecular weight excluding hydrogens is 874 g/mol. The van der Waals surface area contributed by atoms with Crippen molar-refractivity contribution in [2.24, 2.45) is 0 Å². The van der Waals surface area contributed by atoms with Gasteiger partial charge in [0.15, 0.2) is 11.9 Å². The number of rotatable bonds is 15. The predicted octanol–water partition coefficient (Wildman–Crippen LogP) is 7.02. The summed E-state index contributed by atoms with van der Waals surface area (Å²) in [5, 5.41) is 9.19. The molecule has 364 valence electrons. The van der Waals surface area contributed by atoms with E-state index < -0.39 is 36.1 Å². The predicted molar refractivity (Wildman–Crippen MR) is 254 cm³/mol. The number of nitrogens with one attached hydrogen (secondary N) is 4. The average Bonchev–Trinajstić information content (AvgIpc) is 3.83. The van der Waals surface area contributed by atoms with Crippen LogP contribution in [0.1, 0.15) is 112 Å². The summed E-state index contributed by atoms with van der Waals surface area (Å²) in [5.41, 5.74) is 5.69. The lowest BCUT2D eigenvalue weighted by Crippen LogP contribution is -2.71. The molecule has 3 amide bonds. The van der Waals surface area contributed by atoms with Crippen molar-refractivity contribution < 1.29 is 42.5 Å². The second kappa shape index (κ2) is 19.2. The van der Waals surface area contributed by atoms with Crippen molar-refractivity contribution in [1.82, 2.24) is 30.4 Å². The first-order valence-electron chi connectivity index (χ1n) is 23.8. The molecule has 5 aliphatic rings. The number of aromatic amines is 1. The molecule has 4 aromatic rings. The number of H-pyrrole nitrogens is 1. The number of carbonyl (C=O) groups excluding carboxylic acids is 4. The number of amides is 3. The Balaban J connectivity index is 1.01. The molecule has 4 fully saturated rings. The molecular formula is C50H64FN9O8. The molecule has 4 N–H and O–H groups in total. The zero-order valence-corrected chi connectivity index (χ0v) is 39.9. The Morgan fingerprint density at radius 1 is 0.824 bits per heavy atom. The van der Waals surface area contributed by atoms with Crippen LogP contribution in [-0.2, 0) is 28.5 Å². The van der Waals surface area contributed by atoms with Gasteiger partial charge in [-0.15, -0.1) is 0 Å². The highest BCUT2D eigenvalue weighted by Crippen LogP contribution is 2.51. The highest BCUT2D eigenvalue weighted by Gasteiger charge is 2.52. The minimum Gasteiger partial charge on any atom is -0.453 e. The highest BCUT2D eigenvalue weighted by atomic mass is 19.1. The topological polar surface area (TPSA) is 183 Å². The fraction of sp³-hybridized carbons (Fsp3) is 0.540. The van der Waals surface area contributed by atoms with Crippen molar-refractivity contribution in [3.63, 3.8) is 0 Å². The molecule has 1 aromatic heterocycles. The van der Waals surface area contributed by atoms with Crippen LogP contribution in [0.3, 0.4) is 0 Å². The van der Waals surface area contributed by atoms with E-state index >= 15 is 4.39 Å². The summed E-state index contributed by atoms with van der Waals surface area (Å²) in [6.07, 6.45) is 4.54. The van der Waals surface area contributed by atoms with E-state index in [4.69, 9.17) is 23.9 Å². The monoisotopic (exact) mass is 937 g/mol. The van der Waals surface area contributed by atoms with Crippen LogP contribution in [0.25, 0.3) is 11.0 Å². The van der Waals surface area contributed by atoms with Crippen LogP contribution in [0.5, 0.6) is 0 Å². The van der Waals surface area contributed by atoms with Crippen molar-refractivity contribution in [2.45, 2.75) is 125 Å². The number of halogens is 1. The zero-order chi connectivity index (χ0) is 48.0. The second-order valence-corrected chi connectivity index (χ2v) is 19.0. The lowest BCUT2D eigenvalue weighted by atomic mass is 10.0. The molecule has 0 spiro atoms. The third kappa shape index (κ3) is 8.48. The van der Waals surface area contributed by atoms with Gasteiger partial charge in [0.05, 0.1) is 78.7 Å². The second-order valence-electron chi connectivity index (χ2n) is 19.0. The Morgan fingerprint density at radius 2 is 1.53 bits per heavy atom. The number of anilines is 3. The molecule has 9 rings (SSSR count).